The minimum absolute atomic E-state index is 0.124. The quantitative estimate of drug-likeness (QED) is 0.658. The van der Waals surface area contributed by atoms with Gasteiger partial charge in [-0.1, -0.05) is 48.9 Å². The van der Waals surface area contributed by atoms with Gasteiger partial charge in [-0.15, -0.1) is 10.2 Å². The molecule has 0 saturated heterocycles. The minimum atomic E-state index is -0.124. The first-order valence-electron chi connectivity index (χ1n) is 7.86. The van der Waals surface area contributed by atoms with Crippen LogP contribution in [0.4, 0.5) is 5.13 Å². The highest BCUT2D eigenvalue weighted by molar-refractivity contribution is 7.18. The van der Waals surface area contributed by atoms with Crippen molar-refractivity contribution in [1.82, 2.24) is 15.2 Å². The van der Waals surface area contributed by atoms with E-state index < -0.39 is 0 Å². The summed E-state index contributed by atoms with van der Waals surface area (Å²) in [7, 11) is 0. The molecule has 2 heterocycles. The van der Waals surface area contributed by atoms with Crippen LogP contribution in [-0.2, 0) is 0 Å². The van der Waals surface area contributed by atoms with E-state index in [0.717, 1.165) is 10.6 Å². The summed E-state index contributed by atoms with van der Waals surface area (Å²) in [5.41, 5.74) is 1.46. The zero-order valence-corrected chi connectivity index (χ0v) is 15.5. The van der Waals surface area contributed by atoms with Crippen molar-refractivity contribution >= 4 is 34.0 Å². The van der Waals surface area contributed by atoms with Gasteiger partial charge < -0.3 is 0 Å². The van der Waals surface area contributed by atoms with E-state index in [1.165, 1.54) is 11.3 Å². The van der Waals surface area contributed by atoms with Gasteiger partial charge in [-0.05, 0) is 30.2 Å². The summed E-state index contributed by atoms with van der Waals surface area (Å²) in [6.07, 6.45) is 3.21. The average molecular weight is 373 g/mol. The van der Waals surface area contributed by atoms with Crippen LogP contribution in [0.2, 0.25) is 5.02 Å². The summed E-state index contributed by atoms with van der Waals surface area (Å²) < 4.78 is 0. The van der Waals surface area contributed by atoms with Crippen molar-refractivity contribution in [3.63, 3.8) is 0 Å². The normalized spacial score (nSPS) is 10.9. The average Bonchev–Trinajstić information content (AvgIpc) is 3.10. The first-order chi connectivity index (χ1) is 12.0. The molecule has 1 amide bonds. The summed E-state index contributed by atoms with van der Waals surface area (Å²) >= 11 is 7.31. The van der Waals surface area contributed by atoms with Gasteiger partial charge in [0.05, 0.1) is 5.56 Å². The number of amides is 1. The van der Waals surface area contributed by atoms with Gasteiger partial charge in [-0.25, -0.2) is 0 Å². The molecule has 0 aliphatic heterocycles. The number of halogens is 1. The van der Waals surface area contributed by atoms with E-state index in [9.17, 15) is 4.79 Å². The van der Waals surface area contributed by atoms with E-state index in [0.29, 0.717) is 28.2 Å². The molecule has 0 N–H and O–H groups in total. The molecule has 0 spiro atoms. The Kier molecular flexibility index (Phi) is 5.40. The Hall–Kier alpha value is -2.31. The van der Waals surface area contributed by atoms with Crippen LogP contribution in [-0.4, -0.2) is 27.6 Å². The third-order valence-corrected chi connectivity index (χ3v) is 4.69. The van der Waals surface area contributed by atoms with Gasteiger partial charge in [-0.3, -0.25) is 14.7 Å². The maximum Gasteiger partial charge on any atom is 0.261 e. The minimum Gasteiger partial charge on any atom is -0.282 e. The number of benzene rings is 1. The van der Waals surface area contributed by atoms with Crippen LogP contribution < -0.4 is 4.90 Å². The van der Waals surface area contributed by atoms with Gasteiger partial charge in [0, 0.05) is 29.5 Å². The number of pyridine rings is 1. The van der Waals surface area contributed by atoms with Gasteiger partial charge in [0.2, 0.25) is 5.13 Å². The van der Waals surface area contributed by atoms with E-state index in [2.05, 4.69) is 29.0 Å². The molecule has 0 bridgehead atoms. The van der Waals surface area contributed by atoms with E-state index in [1.54, 1.807) is 29.4 Å². The zero-order valence-electron chi connectivity index (χ0n) is 13.9. The van der Waals surface area contributed by atoms with Crippen LogP contribution in [0.15, 0.2) is 48.8 Å². The highest BCUT2D eigenvalue weighted by atomic mass is 35.5. The lowest BCUT2D eigenvalue weighted by Crippen LogP contribution is -2.34. The zero-order chi connectivity index (χ0) is 17.8. The second-order valence-electron chi connectivity index (χ2n) is 5.95. The lowest BCUT2D eigenvalue weighted by Gasteiger charge is -2.21. The SMILES string of the molecule is CC(C)CN(C(=O)c1cccnc1)c1nnc(-c2ccc(Cl)cc2)s1. The van der Waals surface area contributed by atoms with Gasteiger partial charge in [-0.2, -0.15) is 0 Å². The van der Waals surface area contributed by atoms with Crippen LogP contribution in [0.3, 0.4) is 0 Å². The smallest absolute Gasteiger partial charge is 0.261 e. The number of nitrogens with zero attached hydrogens (tertiary/aromatic N) is 4. The molecule has 0 atom stereocenters. The number of carbonyl (C=O) groups is 1. The van der Waals surface area contributed by atoms with E-state index in [-0.39, 0.29) is 5.91 Å². The monoisotopic (exact) mass is 372 g/mol. The topological polar surface area (TPSA) is 59.0 Å². The van der Waals surface area contributed by atoms with Crippen molar-refractivity contribution in [3.8, 4) is 10.6 Å². The van der Waals surface area contributed by atoms with Crippen molar-refractivity contribution in [2.24, 2.45) is 5.92 Å². The molecule has 1 aromatic carbocycles. The molecule has 7 heteroatoms. The fourth-order valence-electron chi connectivity index (χ4n) is 2.29. The molecule has 0 fully saturated rings. The molecule has 0 aliphatic carbocycles. The van der Waals surface area contributed by atoms with Crippen molar-refractivity contribution in [3.05, 3.63) is 59.4 Å². The first kappa shape index (κ1) is 17.5. The Labute approximate surface area is 155 Å². The summed E-state index contributed by atoms with van der Waals surface area (Å²) in [5, 5.41) is 10.5. The largest absolute Gasteiger partial charge is 0.282 e. The van der Waals surface area contributed by atoms with Crippen molar-refractivity contribution in [2.45, 2.75) is 13.8 Å². The molecule has 0 radical (unpaired) electrons. The standard InChI is InChI=1S/C18H17ClN4OS/c1-12(2)11-23(17(24)14-4-3-9-20-10-14)18-22-21-16(25-18)13-5-7-15(19)8-6-13/h3-10,12H,11H2,1-2H3. The summed E-state index contributed by atoms with van der Waals surface area (Å²) in [4.78, 5) is 18.6. The third kappa shape index (κ3) is 4.21. The molecule has 0 saturated carbocycles. The van der Waals surface area contributed by atoms with E-state index >= 15 is 0 Å². The van der Waals surface area contributed by atoms with Crippen LogP contribution in [0, 0.1) is 5.92 Å². The van der Waals surface area contributed by atoms with E-state index in [4.69, 9.17) is 11.6 Å². The lowest BCUT2D eigenvalue weighted by molar-refractivity contribution is 0.0983. The molecule has 2 aromatic heterocycles. The summed E-state index contributed by atoms with van der Waals surface area (Å²) in [6.45, 7) is 4.68. The molecule has 3 aromatic rings. The molecule has 5 nitrogen and oxygen atoms in total. The number of hydrogen-bond donors (Lipinski definition) is 0. The van der Waals surface area contributed by atoms with Crippen molar-refractivity contribution < 1.29 is 4.79 Å². The van der Waals surface area contributed by atoms with Gasteiger partial charge in [0.15, 0.2) is 0 Å². The van der Waals surface area contributed by atoms with Crippen LogP contribution in [0.25, 0.3) is 10.6 Å². The highest BCUT2D eigenvalue weighted by Gasteiger charge is 2.23. The number of anilines is 1. The van der Waals surface area contributed by atoms with Crippen molar-refractivity contribution in [1.29, 1.82) is 0 Å². The maximum absolute atomic E-state index is 12.9. The Morgan fingerprint density at radius 1 is 1.20 bits per heavy atom. The van der Waals surface area contributed by atoms with Crippen LogP contribution >= 0.6 is 22.9 Å². The van der Waals surface area contributed by atoms with Crippen LogP contribution in [0.5, 0.6) is 0 Å². The van der Waals surface area contributed by atoms with Crippen LogP contribution in [0.1, 0.15) is 24.2 Å². The number of hydrogen-bond acceptors (Lipinski definition) is 5. The second-order valence-corrected chi connectivity index (χ2v) is 7.34. The number of carbonyl (C=O) groups excluding carboxylic acids is 1. The van der Waals surface area contributed by atoms with Gasteiger partial charge in [0.1, 0.15) is 5.01 Å². The van der Waals surface area contributed by atoms with Gasteiger partial charge in [0.25, 0.3) is 5.91 Å². The first-order valence-corrected chi connectivity index (χ1v) is 9.05. The highest BCUT2D eigenvalue weighted by Crippen LogP contribution is 2.30. The Balaban J connectivity index is 1.92. The molecule has 128 valence electrons. The number of rotatable bonds is 5. The molecule has 25 heavy (non-hydrogen) atoms. The molecular formula is C18H17ClN4OS. The Morgan fingerprint density at radius 2 is 1.96 bits per heavy atom. The molecule has 0 aliphatic rings. The maximum atomic E-state index is 12.9. The summed E-state index contributed by atoms with van der Waals surface area (Å²) in [6, 6.07) is 10.9. The Morgan fingerprint density at radius 3 is 2.60 bits per heavy atom. The predicted molar refractivity (Wildman–Crippen MR) is 101 cm³/mol. The van der Waals surface area contributed by atoms with Gasteiger partial charge >= 0.3 is 0 Å². The number of aromatic nitrogens is 3. The molecule has 3 rings (SSSR count). The second kappa shape index (κ2) is 7.72. The van der Waals surface area contributed by atoms with Crippen molar-refractivity contribution in [2.75, 3.05) is 11.4 Å². The fraction of sp³-hybridized carbons (Fsp3) is 0.222. The molecular weight excluding hydrogens is 356 g/mol. The third-order valence-electron chi connectivity index (χ3n) is 3.44. The summed E-state index contributed by atoms with van der Waals surface area (Å²) in [5.74, 6) is 0.170. The Bertz CT molecular complexity index is 849. The van der Waals surface area contributed by atoms with E-state index in [1.807, 2.05) is 24.3 Å². The molecule has 0 unspecified atom stereocenters. The fourth-order valence-corrected chi connectivity index (χ4v) is 3.28. The predicted octanol–water partition coefficient (Wildman–Crippen LogP) is 4.56. The lowest BCUT2D eigenvalue weighted by atomic mass is 10.2.